The van der Waals surface area contributed by atoms with Gasteiger partial charge in [-0.1, -0.05) is 6.07 Å². The molecule has 0 fully saturated rings. The van der Waals surface area contributed by atoms with Crippen molar-refractivity contribution < 1.29 is 9.18 Å². The predicted molar refractivity (Wildman–Crippen MR) is 70.8 cm³/mol. The number of carbonyl (C=O) groups is 1. The summed E-state index contributed by atoms with van der Waals surface area (Å²) in [7, 11) is 0. The lowest BCUT2D eigenvalue weighted by Gasteiger charge is -2.07. The summed E-state index contributed by atoms with van der Waals surface area (Å²) in [6, 6.07) is 5.32. The summed E-state index contributed by atoms with van der Waals surface area (Å²) in [6.07, 6.45) is 1.08. The molecular weight excluding hydrogens is 267 g/mol. The highest BCUT2D eigenvalue weighted by Crippen LogP contribution is 2.08. The third-order valence-electron chi connectivity index (χ3n) is 2.46. The smallest absolute Gasteiger partial charge is 0.328 e. The minimum Gasteiger partial charge on any atom is -0.393 e. The van der Waals surface area contributed by atoms with Crippen LogP contribution < -0.4 is 22.3 Å². The molecule has 1 heterocycles. The molecule has 4 N–H and O–H groups in total. The molecule has 0 aliphatic carbocycles. The Morgan fingerprint density at radius 3 is 2.85 bits per heavy atom. The van der Waals surface area contributed by atoms with E-state index in [1.54, 1.807) is 0 Å². The molecule has 0 bridgehead atoms. The fourth-order valence-electron chi connectivity index (χ4n) is 1.57. The molecule has 2 aromatic rings. The molecule has 1 amide bonds. The van der Waals surface area contributed by atoms with Crippen LogP contribution in [0.4, 0.5) is 15.8 Å². The Balaban J connectivity index is 2.15. The van der Waals surface area contributed by atoms with Crippen molar-refractivity contribution >= 4 is 17.3 Å². The molecule has 0 aliphatic heterocycles. The van der Waals surface area contributed by atoms with Crippen LogP contribution in [0.15, 0.2) is 40.1 Å². The lowest BCUT2D eigenvalue weighted by molar-refractivity contribution is -0.116. The third kappa shape index (κ3) is 3.10. The summed E-state index contributed by atoms with van der Waals surface area (Å²) in [6.45, 7) is -0.351. The monoisotopic (exact) mass is 278 g/mol. The van der Waals surface area contributed by atoms with Crippen LogP contribution in [0, 0.1) is 5.82 Å². The van der Waals surface area contributed by atoms with Crippen molar-refractivity contribution in [3.05, 3.63) is 57.1 Å². The fourth-order valence-corrected chi connectivity index (χ4v) is 1.57. The number of nitrogen functional groups attached to an aromatic ring is 1. The quantitative estimate of drug-likeness (QED) is 0.728. The van der Waals surface area contributed by atoms with Crippen molar-refractivity contribution in [1.29, 1.82) is 0 Å². The van der Waals surface area contributed by atoms with E-state index in [-0.39, 0.29) is 17.9 Å². The largest absolute Gasteiger partial charge is 0.393 e. The van der Waals surface area contributed by atoms with E-state index in [1.165, 1.54) is 18.2 Å². The van der Waals surface area contributed by atoms with Gasteiger partial charge in [-0.15, -0.1) is 0 Å². The second-order valence-electron chi connectivity index (χ2n) is 4.03. The molecule has 0 aliphatic rings. The molecule has 1 aromatic heterocycles. The molecule has 2 rings (SSSR count). The first-order valence-corrected chi connectivity index (χ1v) is 5.60. The Hall–Kier alpha value is -2.90. The summed E-state index contributed by atoms with van der Waals surface area (Å²) >= 11 is 0. The summed E-state index contributed by atoms with van der Waals surface area (Å²) < 4.78 is 13.9. The number of rotatable bonds is 3. The van der Waals surface area contributed by atoms with Crippen molar-refractivity contribution in [3.8, 4) is 0 Å². The number of aromatic nitrogens is 2. The maximum Gasteiger partial charge on any atom is 0.328 e. The van der Waals surface area contributed by atoms with Crippen molar-refractivity contribution in [3.63, 3.8) is 0 Å². The lowest BCUT2D eigenvalue weighted by atomic mass is 10.3. The van der Waals surface area contributed by atoms with Crippen molar-refractivity contribution in [2.45, 2.75) is 6.54 Å². The van der Waals surface area contributed by atoms with Crippen molar-refractivity contribution in [2.24, 2.45) is 0 Å². The van der Waals surface area contributed by atoms with Crippen LogP contribution in [0.2, 0.25) is 0 Å². The van der Waals surface area contributed by atoms with E-state index in [1.807, 2.05) is 4.98 Å². The second kappa shape index (κ2) is 5.39. The van der Waals surface area contributed by atoms with E-state index in [9.17, 15) is 18.8 Å². The molecule has 104 valence electrons. The molecule has 8 heteroatoms. The number of nitrogens with zero attached hydrogens (tertiary/aromatic N) is 1. The Labute approximate surface area is 111 Å². The lowest BCUT2D eigenvalue weighted by Crippen LogP contribution is -2.34. The van der Waals surface area contributed by atoms with Gasteiger partial charge in [-0.25, -0.2) is 9.18 Å². The van der Waals surface area contributed by atoms with E-state index in [0.29, 0.717) is 0 Å². The van der Waals surface area contributed by atoms with Gasteiger partial charge in [0.25, 0.3) is 5.56 Å². The number of aromatic amines is 1. The summed E-state index contributed by atoms with van der Waals surface area (Å²) in [4.78, 5) is 36.2. The maximum atomic E-state index is 12.9. The third-order valence-corrected chi connectivity index (χ3v) is 2.46. The predicted octanol–water partition coefficient (Wildman–Crippen LogP) is -0.103. The van der Waals surface area contributed by atoms with Crippen LogP contribution in [-0.4, -0.2) is 15.5 Å². The standard InChI is InChI=1S/C12H11FN4O3/c13-7-2-1-3-8(4-7)15-10(18)6-17-5-9(14)11(19)16-12(17)20/h1-5H,6,14H2,(H,15,18)(H,16,19,20). The normalized spacial score (nSPS) is 10.2. The molecule has 0 radical (unpaired) electrons. The molecule has 0 spiro atoms. The number of amides is 1. The van der Waals surface area contributed by atoms with Crippen molar-refractivity contribution in [1.82, 2.24) is 9.55 Å². The molecule has 0 saturated carbocycles. The van der Waals surface area contributed by atoms with Gasteiger partial charge in [0, 0.05) is 11.9 Å². The number of halogens is 1. The number of carbonyl (C=O) groups excluding carboxylic acids is 1. The molecular formula is C12H11FN4O3. The number of nitrogens with one attached hydrogen (secondary N) is 2. The van der Waals surface area contributed by atoms with E-state index < -0.39 is 23.0 Å². The van der Waals surface area contributed by atoms with Gasteiger partial charge < -0.3 is 11.1 Å². The summed E-state index contributed by atoms with van der Waals surface area (Å²) in [5.41, 5.74) is 3.98. The second-order valence-corrected chi connectivity index (χ2v) is 4.03. The first-order chi connectivity index (χ1) is 9.45. The summed E-state index contributed by atoms with van der Waals surface area (Å²) in [5.74, 6) is -1.04. The highest BCUT2D eigenvalue weighted by molar-refractivity contribution is 5.90. The van der Waals surface area contributed by atoms with Crippen LogP contribution in [0.5, 0.6) is 0 Å². The zero-order chi connectivity index (χ0) is 14.7. The van der Waals surface area contributed by atoms with E-state index >= 15 is 0 Å². The van der Waals surface area contributed by atoms with Crippen LogP contribution >= 0.6 is 0 Å². The molecule has 0 saturated heterocycles. The van der Waals surface area contributed by atoms with Gasteiger partial charge in [-0.05, 0) is 18.2 Å². The van der Waals surface area contributed by atoms with Gasteiger partial charge in [0.2, 0.25) is 5.91 Å². The number of hydrogen-bond acceptors (Lipinski definition) is 4. The number of H-pyrrole nitrogens is 1. The average molecular weight is 278 g/mol. The fraction of sp³-hybridized carbons (Fsp3) is 0.0833. The number of anilines is 2. The van der Waals surface area contributed by atoms with Gasteiger partial charge in [0.1, 0.15) is 18.0 Å². The van der Waals surface area contributed by atoms with Crippen LogP contribution in [-0.2, 0) is 11.3 Å². The highest BCUT2D eigenvalue weighted by atomic mass is 19.1. The SMILES string of the molecule is Nc1cn(CC(=O)Nc2cccc(F)c2)c(=O)[nH]c1=O. The number of hydrogen-bond donors (Lipinski definition) is 3. The average Bonchev–Trinajstić information content (AvgIpc) is 2.36. The van der Waals surface area contributed by atoms with Gasteiger partial charge in [-0.2, -0.15) is 0 Å². The molecule has 0 atom stereocenters. The van der Waals surface area contributed by atoms with E-state index in [0.717, 1.165) is 16.8 Å². The van der Waals surface area contributed by atoms with Gasteiger partial charge in [0.15, 0.2) is 0 Å². The van der Waals surface area contributed by atoms with Gasteiger partial charge >= 0.3 is 5.69 Å². The minimum atomic E-state index is -0.751. The first kappa shape index (κ1) is 13.5. The molecule has 7 nitrogen and oxygen atoms in total. The first-order valence-electron chi connectivity index (χ1n) is 5.60. The zero-order valence-electron chi connectivity index (χ0n) is 10.2. The van der Waals surface area contributed by atoms with Gasteiger partial charge in [-0.3, -0.25) is 19.1 Å². The maximum absolute atomic E-state index is 12.9. The van der Waals surface area contributed by atoms with Crippen LogP contribution in [0.3, 0.4) is 0 Å². The number of nitrogens with two attached hydrogens (primary N) is 1. The topological polar surface area (TPSA) is 110 Å². The Morgan fingerprint density at radius 2 is 2.15 bits per heavy atom. The molecule has 0 unspecified atom stereocenters. The minimum absolute atomic E-state index is 0.178. The Morgan fingerprint density at radius 1 is 1.40 bits per heavy atom. The number of benzene rings is 1. The Bertz CT molecular complexity index is 766. The van der Waals surface area contributed by atoms with Crippen LogP contribution in [0.25, 0.3) is 0 Å². The summed E-state index contributed by atoms with van der Waals surface area (Å²) in [5, 5.41) is 2.42. The van der Waals surface area contributed by atoms with E-state index in [2.05, 4.69) is 5.32 Å². The Kier molecular flexibility index (Phi) is 3.65. The molecule has 20 heavy (non-hydrogen) atoms. The van der Waals surface area contributed by atoms with Gasteiger partial charge in [0.05, 0.1) is 0 Å². The zero-order valence-corrected chi connectivity index (χ0v) is 10.2. The van der Waals surface area contributed by atoms with E-state index in [4.69, 9.17) is 5.73 Å². The van der Waals surface area contributed by atoms with Crippen molar-refractivity contribution in [2.75, 3.05) is 11.1 Å². The molecule has 1 aromatic carbocycles. The van der Waals surface area contributed by atoms with Crippen LogP contribution in [0.1, 0.15) is 0 Å². The highest BCUT2D eigenvalue weighted by Gasteiger charge is 2.07.